The Labute approximate surface area is 160 Å². The third-order valence-corrected chi connectivity index (χ3v) is 5.74. The van der Waals surface area contributed by atoms with E-state index in [9.17, 15) is 9.18 Å². The molecular weight excluding hydrogens is 361 g/mol. The van der Waals surface area contributed by atoms with E-state index in [2.05, 4.69) is 42.2 Å². The van der Waals surface area contributed by atoms with Crippen LogP contribution in [0.3, 0.4) is 0 Å². The standard InChI is InChI=1S/C21H18FN3OS/c1-12-4-5-16-10-13(2)20-23-24-21(25(20)19(16)14(12)3)27-11-18(26)15-6-8-17(22)9-7-15/h4-10H,11H2,1-3H3. The van der Waals surface area contributed by atoms with Crippen LogP contribution in [-0.2, 0) is 0 Å². The van der Waals surface area contributed by atoms with Gasteiger partial charge in [-0.3, -0.25) is 9.20 Å². The number of rotatable bonds is 4. The second-order valence-electron chi connectivity index (χ2n) is 6.63. The van der Waals surface area contributed by atoms with Crippen LogP contribution in [0.1, 0.15) is 27.0 Å². The molecule has 4 nitrogen and oxygen atoms in total. The van der Waals surface area contributed by atoms with E-state index in [1.165, 1.54) is 47.2 Å². The van der Waals surface area contributed by atoms with Crippen molar-refractivity contribution in [3.63, 3.8) is 0 Å². The van der Waals surface area contributed by atoms with Crippen LogP contribution in [0.4, 0.5) is 4.39 Å². The van der Waals surface area contributed by atoms with Crippen molar-refractivity contribution in [1.29, 1.82) is 0 Å². The molecule has 2 heterocycles. The normalized spacial score (nSPS) is 11.4. The lowest BCUT2D eigenvalue weighted by Gasteiger charge is -2.11. The molecule has 6 heteroatoms. The van der Waals surface area contributed by atoms with E-state index < -0.39 is 0 Å². The predicted molar refractivity (Wildman–Crippen MR) is 106 cm³/mol. The first-order valence-corrected chi connectivity index (χ1v) is 9.60. The smallest absolute Gasteiger partial charge is 0.196 e. The van der Waals surface area contributed by atoms with Gasteiger partial charge >= 0.3 is 0 Å². The first-order chi connectivity index (χ1) is 13.0. The lowest BCUT2D eigenvalue weighted by Crippen LogP contribution is -2.04. The van der Waals surface area contributed by atoms with Crippen LogP contribution in [-0.4, -0.2) is 26.1 Å². The molecule has 0 saturated heterocycles. The topological polar surface area (TPSA) is 47.3 Å². The highest BCUT2D eigenvalue weighted by molar-refractivity contribution is 7.99. The summed E-state index contributed by atoms with van der Waals surface area (Å²) in [5.41, 5.74) is 5.76. The van der Waals surface area contributed by atoms with Gasteiger partial charge in [0.15, 0.2) is 16.6 Å². The summed E-state index contributed by atoms with van der Waals surface area (Å²) in [6.07, 6.45) is 0. The van der Waals surface area contributed by atoms with Crippen LogP contribution in [0.2, 0.25) is 0 Å². The number of pyridine rings is 1. The molecule has 0 amide bonds. The van der Waals surface area contributed by atoms with Gasteiger partial charge in [-0.15, -0.1) is 10.2 Å². The Bertz CT molecular complexity index is 1180. The van der Waals surface area contributed by atoms with Crippen LogP contribution in [0, 0.1) is 26.6 Å². The Hall–Kier alpha value is -2.73. The molecule has 0 N–H and O–H groups in total. The molecule has 0 unspecified atom stereocenters. The maximum absolute atomic E-state index is 13.1. The van der Waals surface area contributed by atoms with Crippen LogP contribution in [0.5, 0.6) is 0 Å². The Kier molecular flexibility index (Phi) is 4.44. The SMILES string of the molecule is Cc1ccc2cc(C)c3nnc(SCC(=O)c4ccc(F)cc4)n3c2c1C. The number of fused-ring (bicyclic) bond motifs is 3. The highest BCUT2D eigenvalue weighted by Gasteiger charge is 2.16. The maximum atomic E-state index is 13.1. The number of carbonyl (C=O) groups is 1. The third-order valence-electron chi connectivity index (χ3n) is 4.81. The quantitative estimate of drug-likeness (QED) is 0.373. The van der Waals surface area contributed by atoms with E-state index in [1.54, 1.807) is 0 Å². The molecular formula is C21H18FN3OS. The van der Waals surface area contributed by atoms with Gasteiger partial charge < -0.3 is 0 Å². The van der Waals surface area contributed by atoms with Gasteiger partial charge in [-0.1, -0.05) is 23.9 Å². The fourth-order valence-electron chi connectivity index (χ4n) is 3.20. The molecule has 0 bridgehead atoms. The molecule has 136 valence electrons. The van der Waals surface area contributed by atoms with E-state index in [0.717, 1.165) is 22.1 Å². The Morgan fingerprint density at radius 1 is 1.04 bits per heavy atom. The second-order valence-corrected chi connectivity index (χ2v) is 7.58. The Morgan fingerprint density at radius 3 is 2.52 bits per heavy atom. The summed E-state index contributed by atoms with van der Waals surface area (Å²) in [4.78, 5) is 12.4. The number of aryl methyl sites for hydroxylation is 3. The minimum atomic E-state index is -0.351. The summed E-state index contributed by atoms with van der Waals surface area (Å²) < 4.78 is 15.1. The number of nitrogens with zero attached hydrogens (tertiary/aromatic N) is 3. The van der Waals surface area contributed by atoms with Crippen LogP contribution in [0.25, 0.3) is 16.6 Å². The zero-order chi connectivity index (χ0) is 19.1. The monoisotopic (exact) mass is 379 g/mol. The van der Waals surface area contributed by atoms with Crippen molar-refractivity contribution in [3.8, 4) is 0 Å². The van der Waals surface area contributed by atoms with E-state index >= 15 is 0 Å². The summed E-state index contributed by atoms with van der Waals surface area (Å²) in [5, 5.41) is 10.5. The number of aromatic nitrogens is 3. The van der Waals surface area contributed by atoms with Crippen molar-refractivity contribution in [1.82, 2.24) is 14.6 Å². The molecule has 0 aliphatic rings. The van der Waals surface area contributed by atoms with Crippen molar-refractivity contribution in [2.24, 2.45) is 0 Å². The highest BCUT2D eigenvalue weighted by Crippen LogP contribution is 2.29. The predicted octanol–water partition coefficient (Wildman–Crippen LogP) is 4.92. The minimum Gasteiger partial charge on any atom is -0.293 e. The van der Waals surface area contributed by atoms with E-state index in [1.807, 2.05) is 11.3 Å². The van der Waals surface area contributed by atoms with Gasteiger partial charge in [0.25, 0.3) is 0 Å². The first-order valence-electron chi connectivity index (χ1n) is 8.62. The van der Waals surface area contributed by atoms with Crippen molar-refractivity contribution in [2.45, 2.75) is 25.9 Å². The number of ketones is 1. The summed E-state index contributed by atoms with van der Waals surface area (Å²) >= 11 is 1.35. The van der Waals surface area contributed by atoms with Crippen LogP contribution >= 0.6 is 11.8 Å². The van der Waals surface area contributed by atoms with Gasteiger partial charge in [0.1, 0.15) is 5.82 Å². The summed E-state index contributed by atoms with van der Waals surface area (Å²) in [6.45, 7) is 6.18. The van der Waals surface area contributed by atoms with Crippen LogP contribution in [0.15, 0.2) is 47.6 Å². The number of benzene rings is 2. The number of thioether (sulfide) groups is 1. The molecule has 0 aliphatic heterocycles. The van der Waals surface area contributed by atoms with E-state index in [0.29, 0.717) is 10.7 Å². The molecule has 0 saturated carbocycles. The fourth-order valence-corrected chi connectivity index (χ4v) is 4.03. The second kappa shape index (κ2) is 6.78. The van der Waals surface area contributed by atoms with Gasteiger partial charge in [0.2, 0.25) is 0 Å². The largest absolute Gasteiger partial charge is 0.293 e. The lowest BCUT2D eigenvalue weighted by atomic mass is 10.0. The molecule has 0 aliphatic carbocycles. The number of Topliss-reactive ketones (excluding diaryl/α,β-unsaturated/α-hetero) is 1. The van der Waals surface area contributed by atoms with Gasteiger partial charge in [-0.05, 0) is 73.2 Å². The number of hydrogen-bond donors (Lipinski definition) is 0. The Balaban J connectivity index is 1.75. The van der Waals surface area contributed by atoms with Gasteiger partial charge in [-0.25, -0.2) is 4.39 Å². The number of halogens is 1. The maximum Gasteiger partial charge on any atom is 0.196 e. The molecule has 4 rings (SSSR count). The van der Waals surface area contributed by atoms with Crippen LogP contribution < -0.4 is 0 Å². The zero-order valence-corrected chi connectivity index (χ0v) is 16.1. The third kappa shape index (κ3) is 3.10. The molecule has 27 heavy (non-hydrogen) atoms. The van der Waals surface area contributed by atoms with Crippen molar-refractivity contribution < 1.29 is 9.18 Å². The van der Waals surface area contributed by atoms with Crippen molar-refractivity contribution >= 4 is 34.1 Å². The van der Waals surface area contributed by atoms with E-state index in [4.69, 9.17) is 0 Å². The van der Waals surface area contributed by atoms with E-state index in [-0.39, 0.29) is 17.4 Å². The molecule has 2 aromatic carbocycles. The Morgan fingerprint density at radius 2 is 1.78 bits per heavy atom. The summed E-state index contributed by atoms with van der Waals surface area (Å²) in [5.74, 6) is -0.204. The molecule has 0 atom stereocenters. The summed E-state index contributed by atoms with van der Waals surface area (Å²) in [6, 6.07) is 11.9. The highest BCUT2D eigenvalue weighted by atomic mass is 32.2. The van der Waals surface area contributed by atoms with Crippen molar-refractivity contribution in [2.75, 3.05) is 5.75 Å². The average molecular weight is 379 g/mol. The number of carbonyl (C=O) groups excluding carboxylic acids is 1. The molecule has 2 aromatic heterocycles. The minimum absolute atomic E-state index is 0.0680. The van der Waals surface area contributed by atoms with Gasteiger partial charge in [-0.2, -0.15) is 0 Å². The summed E-state index contributed by atoms with van der Waals surface area (Å²) in [7, 11) is 0. The van der Waals surface area contributed by atoms with Gasteiger partial charge in [0.05, 0.1) is 11.3 Å². The van der Waals surface area contributed by atoms with Gasteiger partial charge in [0, 0.05) is 5.56 Å². The molecule has 0 spiro atoms. The van der Waals surface area contributed by atoms with Crippen molar-refractivity contribution in [3.05, 3.63) is 70.5 Å². The fraction of sp³-hybridized carbons (Fsp3) is 0.190. The average Bonchev–Trinajstić information content (AvgIpc) is 3.08. The molecule has 0 fully saturated rings. The molecule has 4 aromatic rings. The zero-order valence-electron chi connectivity index (χ0n) is 15.3. The molecule has 0 radical (unpaired) electrons. The number of hydrogen-bond acceptors (Lipinski definition) is 4. The first kappa shape index (κ1) is 17.7. The lowest BCUT2D eigenvalue weighted by molar-refractivity contribution is 0.102.